The largest absolute Gasteiger partial charge is 0.494 e. The van der Waals surface area contributed by atoms with Crippen molar-refractivity contribution in [3.8, 4) is 23.1 Å². The minimum absolute atomic E-state index is 0.246. The van der Waals surface area contributed by atoms with E-state index in [0.717, 1.165) is 33.5 Å². The summed E-state index contributed by atoms with van der Waals surface area (Å²) in [5, 5.41) is 18.6. The van der Waals surface area contributed by atoms with Crippen LogP contribution in [0.2, 0.25) is 0 Å². The topological polar surface area (TPSA) is 70.3 Å². The summed E-state index contributed by atoms with van der Waals surface area (Å²) in [4.78, 5) is 4.66. The number of aromatic nitrogens is 1. The molecule has 0 bridgehead atoms. The molecule has 0 atom stereocenters. The maximum Gasteiger partial charge on any atom is 0.196 e. The number of anilines is 1. The Bertz CT molecular complexity index is 1200. The summed E-state index contributed by atoms with van der Waals surface area (Å²) >= 11 is 1.41. The minimum atomic E-state index is 0.246. The van der Waals surface area contributed by atoms with Gasteiger partial charge in [0.2, 0.25) is 0 Å². The van der Waals surface area contributed by atoms with Crippen LogP contribution >= 0.6 is 11.3 Å². The van der Waals surface area contributed by atoms with Crippen molar-refractivity contribution in [2.75, 3.05) is 12.0 Å². The quantitative estimate of drug-likeness (QED) is 0.334. The molecule has 1 aromatic heterocycles. The third kappa shape index (κ3) is 4.10. The number of nitrogens with zero attached hydrogens (tertiary/aromatic N) is 3. The van der Waals surface area contributed by atoms with Crippen molar-refractivity contribution in [3.63, 3.8) is 0 Å². The molecule has 0 fully saturated rings. The van der Waals surface area contributed by atoms with Crippen molar-refractivity contribution < 1.29 is 4.74 Å². The van der Waals surface area contributed by atoms with Crippen LogP contribution in [0.4, 0.5) is 5.69 Å². The molecule has 0 aliphatic carbocycles. The molecule has 0 spiro atoms. The Morgan fingerprint density at radius 2 is 1.90 bits per heavy atom. The highest BCUT2D eigenvalue weighted by molar-refractivity contribution is 7.12. The van der Waals surface area contributed by atoms with E-state index in [4.69, 9.17) is 4.74 Å². The molecular weight excluding hydrogens is 380 g/mol. The monoisotopic (exact) mass is 398 g/mol. The molecule has 0 aliphatic rings. The number of benzene rings is 3. The van der Waals surface area contributed by atoms with Gasteiger partial charge in [-0.15, -0.1) is 11.3 Å². The Morgan fingerprint density at radius 3 is 2.69 bits per heavy atom. The van der Waals surface area contributed by atoms with Crippen LogP contribution in [-0.4, -0.2) is 17.3 Å². The number of ether oxygens (including phenoxy) is 1. The van der Waals surface area contributed by atoms with Gasteiger partial charge in [0.25, 0.3) is 0 Å². The first kappa shape index (κ1) is 18.7. The van der Waals surface area contributed by atoms with E-state index < -0.39 is 0 Å². The van der Waals surface area contributed by atoms with Crippen LogP contribution in [0.1, 0.15) is 11.9 Å². The van der Waals surface area contributed by atoms with Crippen LogP contribution in [0.25, 0.3) is 22.0 Å². The molecule has 1 heterocycles. The van der Waals surface area contributed by atoms with Gasteiger partial charge in [0.1, 0.15) is 11.8 Å². The van der Waals surface area contributed by atoms with E-state index in [9.17, 15) is 5.26 Å². The van der Waals surface area contributed by atoms with E-state index in [1.54, 1.807) is 0 Å². The van der Waals surface area contributed by atoms with Gasteiger partial charge in [0, 0.05) is 10.9 Å². The molecule has 0 aliphatic heterocycles. The highest BCUT2D eigenvalue weighted by Crippen LogP contribution is 2.29. The number of hydrogen-bond acceptors (Lipinski definition) is 6. The van der Waals surface area contributed by atoms with Crippen molar-refractivity contribution >= 4 is 33.5 Å². The fourth-order valence-corrected chi connectivity index (χ4v) is 3.75. The number of thiazole rings is 1. The Balaban J connectivity index is 1.58. The van der Waals surface area contributed by atoms with Crippen LogP contribution in [0.3, 0.4) is 0 Å². The normalized spacial score (nSPS) is 11.2. The van der Waals surface area contributed by atoms with Gasteiger partial charge in [0.05, 0.1) is 18.0 Å². The SMILES string of the molecule is CCOc1ccc(N/N=C(\C#N)c2nc(-c3cccc4ccccc34)cs2)cc1. The Morgan fingerprint density at radius 1 is 1.10 bits per heavy atom. The van der Waals surface area contributed by atoms with E-state index in [1.165, 1.54) is 11.3 Å². The summed E-state index contributed by atoms with van der Waals surface area (Å²) in [6.07, 6.45) is 0. The minimum Gasteiger partial charge on any atom is -0.494 e. The number of nitriles is 1. The van der Waals surface area contributed by atoms with Gasteiger partial charge in [-0.2, -0.15) is 10.4 Å². The van der Waals surface area contributed by atoms with Crippen LogP contribution in [0.5, 0.6) is 5.75 Å². The standard InChI is InChI=1S/C23H18N4OS/c1-2-28-18-12-10-17(11-13-18)26-27-21(14-24)23-25-22(15-29-23)20-9-5-7-16-6-3-4-8-19(16)20/h3-13,15,26H,2H2,1H3/b27-21+. The zero-order valence-electron chi connectivity index (χ0n) is 15.8. The number of rotatable bonds is 6. The van der Waals surface area contributed by atoms with E-state index in [0.29, 0.717) is 11.6 Å². The predicted octanol–water partition coefficient (Wildman–Crippen LogP) is 5.70. The van der Waals surface area contributed by atoms with Crippen molar-refractivity contribution in [1.82, 2.24) is 4.98 Å². The molecule has 0 radical (unpaired) electrons. The molecule has 4 rings (SSSR count). The fourth-order valence-electron chi connectivity index (χ4n) is 2.99. The maximum atomic E-state index is 9.55. The number of nitrogens with one attached hydrogen (secondary N) is 1. The fraction of sp³-hybridized carbons (Fsp3) is 0.0870. The van der Waals surface area contributed by atoms with Gasteiger partial charge in [-0.25, -0.2) is 4.98 Å². The van der Waals surface area contributed by atoms with Crippen LogP contribution < -0.4 is 10.2 Å². The van der Waals surface area contributed by atoms with E-state index in [2.05, 4.69) is 39.8 Å². The summed E-state index contributed by atoms with van der Waals surface area (Å²) in [6, 6.07) is 23.9. The molecule has 4 aromatic rings. The van der Waals surface area contributed by atoms with Gasteiger partial charge in [-0.1, -0.05) is 42.5 Å². The third-order valence-electron chi connectivity index (χ3n) is 4.34. The third-order valence-corrected chi connectivity index (χ3v) is 5.19. The number of hydrogen-bond donors (Lipinski definition) is 1. The van der Waals surface area contributed by atoms with Crippen LogP contribution in [-0.2, 0) is 0 Å². The lowest BCUT2D eigenvalue weighted by Crippen LogP contribution is -2.01. The molecule has 5 nitrogen and oxygen atoms in total. The molecular formula is C23H18N4OS. The molecule has 0 unspecified atom stereocenters. The summed E-state index contributed by atoms with van der Waals surface area (Å²) in [6.45, 7) is 2.56. The molecule has 6 heteroatoms. The van der Waals surface area contributed by atoms with Gasteiger partial charge >= 0.3 is 0 Å². The van der Waals surface area contributed by atoms with E-state index in [1.807, 2.05) is 60.8 Å². The first-order valence-corrected chi connectivity index (χ1v) is 10.1. The van der Waals surface area contributed by atoms with Gasteiger partial charge < -0.3 is 4.74 Å². The zero-order valence-corrected chi connectivity index (χ0v) is 16.6. The second kappa shape index (κ2) is 8.55. The maximum absolute atomic E-state index is 9.55. The Labute approximate surface area is 172 Å². The second-order valence-electron chi connectivity index (χ2n) is 6.21. The van der Waals surface area contributed by atoms with E-state index in [-0.39, 0.29) is 5.71 Å². The average Bonchev–Trinajstić information content (AvgIpc) is 3.25. The van der Waals surface area contributed by atoms with Crippen molar-refractivity contribution in [3.05, 3.63) is 77.1 Å². The van der Waals surface area contributed by atoms with Crippen LogP contribution in [0.15, 0.2) is 77.2 Å². The lowest BCUT2D eigenvalue weighted by molar-refractivity contribution is 0.340. The molecule has 0 saturated carbocycles. The Hall–Kier alpha value is -3.69. The molecule has 0 amide bonds. The second-order valence-corrected chi connectivity index (χ2v) is 7.06. The molecule has 1 N–H and O–H groups in total. The zero-order chi connectivity index (χ0) is 20.1. The lowest BCUT2D eigenvalue weighted by Gasteiger charge is -2.04. The van der Waals surface area contributed by atoms with Crippen molar-refractivity contribution in [1.29, 1.82) is 5.26 Å². The van der Waals surface area contributed by atoms with Gasteiger partial charge in [-0.3, -0.25) is 5.43 Å². The molecule has 142 valence electrons. The smallest absolute Gasteiger partial charge is 0.196 e. The molecule has 0 saturated heterocycles. The van der Waals surface area contributed by atoms with Crippen LogP contribution in [0, 0.1) is 11.3 Å². The predicted molar refractivity (Wildman–Crippen MR) is 118 cm³/mol. The van der Waals surface area contributed by atoms with Crippen molar-refractivity contribution in [2.24, 2.45) is 5.10 Å². The van der Waals surface area contributed by atoms with Gasteiger partial charge in [-0.05, 0) is 42.0 Å². The first-order chi connectivity index (χ1) is 14.3. The summed E-state index contributed by atoms with van der Waals surface area (Å²) < 4.78 is 5.43. The summed E-state index contributed by atoms with van der Waals surface area (Å²) in [5.41, 5.74) is 5.82. The van der Waals surface area contributed by atoms with Crippen molar-refractivity contribution in [2.45, 2.75) is 6.92 Å². The average molecular weight is 398 g/mol. The highest BCUT2D eigenvalue weighted by atomic mass is 32.1. The highest BCUT2D eigenvalue weighted by Gasteiger charge is 2.12. The number of hydrazone groups is 1. The summed E-state index contributed by atoms with van der Waals surface area (Å²) in [7, 11) is 0. The molecule has 3 aromatic carbocycles. The first-order valence-electron chi connectivity index (χ1n) is 9.19. The molecule has 29 heavy (non-hydrogen) atoms. The van der Waals surface area contributed by atoms with E-state index >= 15 is 0 Å². The number of fused-ring (bicyclic) bond motifs is 1. The van der Waals surface area contributed by atoms with Gasteiger partial charge in [0.15, 0.2) is 10.7 Å². The lowest BCUT2D eigenvalue weighted by atomic mass is 10.0. The Kier molecular flexibility index (Phi) is 5.50. The summed E-state index contributed by atoms with van der Waals surface area (Å²) in [5.74, 6) is 0.794.